The van der Waals surface area contributed by atoms with Crippen molar-refractivity contribution in [2.75, 3.05) is 26.2 Å². The molecule has 130 valence electrons. The second-order valence-corrected chi connectivity index (χ2v) is 7.59. The van der Waals surface area contributed by atoms with Gasteiger partial charge in [-0.1, -0.05) is 36.4 Å². The summed E-state index contributed by atoms with van der Waals surface area (Å²) in [5.74, 6) is 0.864. The van der Waals surface area contributed by atoms with Crippen LogP contribution in [0.25, 0.3) is 10.7 Å². The lowest BCUT2D eigenvalue weighted by Crippen LogP contribution is -2.46. The number of aromatic amines is 1. The molecule has 1 aliphatic heterocycles. The van der Waals surface area contributed by atoms with Gasteiger partial charge in [0.1, 0.15) is 0 Å². The molecule has 0 spiro atoms. The van der Waals surface area contributed by atoms with Crippen LogP contribution in [-0.4, -0.2) is 50.7 Å². The number of rotatable bonds is 5. The van der Waals surface area contributed by atoms with Crippen LogP contribution in [0.3, 0.4) is 0 Å². The largest absolute Gasteiger partial charge is 0.297 e. The number of H-pyrrole nitrogens is 1. The number of aromatic nitrogens is 3. The maximum Gasteiger partial charge on any atom is 0.217 e. The third kappa shape index (κ3) is 4.07. The van der Waals surface area contributed by atoms with E-state index in [1.54, 1.807) is 11.3 Å². The lowest BCUT2D eigenvalue weighted by molar-refractivity contribution is 0.0982. The molecule has 0 atom stereocenters. The van der Waals surface area contributed by atoms with Crippen molar-refractivity contribution in [3.63, 3.8) is 0 Å². The second-order valence-electron chi connectivity index (χ2n) is 6.28. The molecule has 4 rings (SSSR count). The third-order valence-corrected chi connectivity index (χ3v) is 5.68. The molecule has 3 aromatic rings. The van der Waals surface area contributed by atoms with E-state index in [-0.39, 0.29) is 0 Å². The Bertz CT molecular complexity index is 845. The third-order valence-electron chi connectivity index (χ3n) is 4.49. The maximum absolute atomic E-state index is 5.41. The first-order valence-corrected chi connectivity index (χ1v) is 9.76. The van der Waals surface area contributed by atoms with E-state index >= 15 is 0 Å². The Balaban J connectivity index is 1.34. The zero-order valence-electron chi connectivity index (χ0n) is 14.0. The quantitative estimate of drug-likeness (QED) is 0.698. The van der Waals surface area contributed by atoms with E-state index in [0.29, 0.717) is 4.77 Å². The van der Waals surface area contributed by atoms with Crippen LogP contribution < -0.4 is 0 Å². The molecule has 0 aliphatic carbocycles. The molecule has 1 saturated heterocycles. The zero-order valence-corrected chi connectivity index (χ0v) is 15.6. The van der Waals surface area contributed by atoms with Crippen molar-refractivity contribution in [2.24, 2.45) is 0 Å². The van der Waals surface area contributed by atoms with Crippen LogP contribution in [0.4, 0.5) is 0 Å². The summed E-state index contributed by atoms with van der Waals surface area (Å²) in [5.41, 5.74) is 1.38. The number of hydrogen-bond donors (Lipinski definition) is 1. The van der Waals surface area contributed by atoms with Crippen LogP contribution in [0.15, 0.2) is 47.8 Å². The highest BCUT2D eigenvalue weighted by atomic mass is 32.1. The lowest BCUT2D eigenvalue weighted by atomic mass is 10.2. The maximum atomic E-state index is 5.41. The van der Waals surface area contributed by atoms with E-state index in [1.807, 2.05) is 10.7 Å². The van der Waals surface area contributed by atoms with E-state index < -0.39 is 0 Å². The van der Waals surface area contributed by atoms with E-state index in [2.05, 4.69) is 61.7 Å². The Morgan fingerprint density at radius 2 is 1.76 bits per heavy atom. The summed E-state index contributed by atoms with van der Waals surface area (Å²) in [6.07, 6.45) is 0. The molecule has 5 nitrogen and oxygen atoms in total. The van der Waals surface area contributed by atoms with Crippen LogP contribution in [-0.2, 0) is 13.2 Å². The highest BCUT2D eigenvalue weighted by Gasteiger charge is 2.18. The standard InChI is InChI=1S/C18H21N5S2/c24-18-19-17(16-7-4-12-25-16)20-23(18)14-22-10-8-21(9-11-22)13-15-5-2-1-3-6-15/h1-7,12H,8-11,13-14H2,(H,19,20,24). The fraction of sp³-hybridized carbons (Fsp3) is 0.333. The summed E-state index contributed by atoms with van der Waals surface area (Å²) in [7, 11) is 0. The van der Waals surface area contributed by atoms with Crippen molar-refractivity contribution < 1.29 is 0 Å². The predicted molar refractivity (Wildman–Crippen MR) is 104 cm³/mol. The Labute approximate surface area is 156 Å². The summed E-state index contributed by atoms with van der Waals surface area (Å²) in [5, 5.41) is 5.39. The normalized spacial score (nSPS) is 16.3. The Morgan fingerprint density at radius 3 is 2.48 bits per heavy atom. The van der Waals surface area contributed by atoms with Crippen molar-refractivity contribution in [3.05, 3.63) is 58.2 Å². The van der Waals surface area contributed by atoms with Gasteiger partial charge in [0.15, 0.2) is 5.82 Å². The van der Waals surface area contributed by atoms with Crippen molar-refractivity contribution in [2.45, 2.75) is 13.2 Å². The van der Waals surface area contributed by atoms with Gasteiger partial charge >= 0.3 is 0 Å². The Hall–Kier alpha value is -1.80. The van der Waals surface area contributed by atoms with Gasteiger partial charge in [-0.25, -0.2) is 4.68 Å². The smallest absolute Gasteiger partial charge is 0.217 e. The molecule has 1 N–H and O–H groups in total. The second kappa shape index (κ2) is 7.61. The average Bonchev–Trinajstić information content (AvgIpc) is 3.28. The molecule has 0 saturated carbocycles. The fourth-order valence-corrected chi connectivity index (χ4v) is 3.96. The first-order chi connectivity index (χ1) is 12.3. The van der Waals surface area contributed by atoms with Crippen LogP contribution in [0.1, 0.15) is 5.56 Å². The van der Waals surface area contributed by atoms with Gasteiger partial charge in [0.25, 0.3) is 0 Å². The molecule has 1 fully saturated rings. The summed E-state index contributed by atoms with van der Waals surface area (Å²) in [4.78, 5) is 10.5. The van der Waals surface area contributed by atoms with Gasteiger partial charge in [0.2, 0.25) is 4.77 Å². The number of thiophene rings is 1. The average molecular weight is 372 g/mol. The number of piperazine rings is 1. The summed E-state index contributed by atoms with van der Waals surface area (Å²) in [6, 6.07) is 14.8. The van der Waals surface area contributed by atoms with E-state index in [1.165, 1.54) is 5.56 Å². The highest BCUT2D eigenvalue weighted by Crippen LogP contribution is 2.20. The zero-order chi connectivity index (χ0) is 17.1. The molecule has 25 heavy (non-hydrogen) atoms. The van der Waals surface area contributed by atoms with Crippen LogP contribution in [0, 0.1) is 4.77 Å². The number of hydrogen-bond acceptors (Lipinski definition) is 5. The molecule has 0 amide bonds. The predicted octanol–water partition coefficient (Wildman–Crippen LogP) is 3.44. The van der Waals surface area contributed by atoms with Gasteiger partial charge in [0.05, 0.1) is 11.5 Å². The van der Waals surface area contributed by atoms with Gasteiger partial charge in [-0.15, -0.1) is 11.3 Å². The Kier molecular flexibility index (Phi) is 5.07. The number of nitrogens with one attached hydrogen (secondary N) is 1. The molecule has 1 aromatic carbocycles. The summed E-state index contributed by atoms with van der Waals surface area (Å²) in [6.45, 7) is 6.04. The molecule has 0 unspecified atom stereocenters. The number of benzene rings is 1. The van der Waals surface area contributed by atoms with Crippen LogP contribution in [0.5, 0.6) is 0 Å². The lowest BCUT2D eigenvalue weighted by Gasteiger charge is -2.34. The van der Waals surface area contributed by atoms with Gasteiger partial charge in [0, 0.05) is 32.7 Å². The van der Waals surface area contributed by atoms with Gasteiger partial charge in [-0.05, 0) is 29.2 Å². The van der Waals surface area contributed by atoms with E-state index in [4.69, 9.17) is 12.2 Å². The molecule has 1 aliphatic rings. The highest BCUT2D eigenvalue weighted by molar-refractivity contribution is 7.71. The van der Waals surface area contributed by atoms with Gasteiger partial charge in [-0.2, -0.15) is 4.98 Å². The topological polar surface area (TPSA) is 40.1 Å². The van der Waals surface area contributed by atoms with Crippen molar-refractivity contribution in [1.29, 1.82) is 0 Å². The van der Waals surface area contributed by atoms with Gasteiger partial charge in [-0.3, -0.25) is 14.9 Å². The molecular weight excluding hydrogens is 350 g/mol. The molecule has 7 heteroatoms. The SMILES string of the molecule is S=c1nc(-c2cccs2)[nH]n1CN1CCN(Cc2ccccc2)CC1. The molecule has 2 aromatic heterocycles. The molecular formula is C18H21N5S2. The molecule has 0 bridgehead atoms. The molecule has 3 heterocycles. The first-order valence-electron chi connectivity index (χ1n) is 8.47. The van der Waals surface area contributed by atoms with Crippen molar-refractivity contribution in [3.8, 4) is 10.7 Å². The molecule has 0 radical (unpaired) electrons. The van der Waals surface area contributed by atoms with E-state index in [9.17, 15) is 0 Å². The minimum absolute atomic E-state index is 0.620. The minimum Gasteiger partial charge on any atom is -0.297 e. The van der Waals surface area contributed by atoms with Crippen molar-refractivity contribution in [1.82, 2.24) is 24.6 Å². The summed E-state index contributed by atoms with van der Waals surface area (Å²) < 4.78 is 2.59. The first kappa shape index (κ1) is 16.7. The monoisotopic (exact) mass is 371 g/mol. The fourth-order valence-electron chi connectivity index (χ4n) is 3.11. The van der Waals surface area contributed by atoms with Crippen LogP contribution in [0.2, 0.25) is 0 Å². The van der Waals surface area contributed by atoms with Crippen LogP contribution >= 0.6 is 23.6 Å². The van der Waals surface area contributed by atoms with Crippen molar-refractivity contribution >= 4 is 23.6 Å². The van der Waals surface area contributed by atoms with Gasteiger partial charge < -0.3 is 0 Å². The van der Waals surface area contributed by atoms with E-state index in [0.717, 1.165) is 50.1 Å². The minimum atomic E-state index is 0.620. The Morgan fingerprint density at radius 1 is 1.00 bits per heavy atom. The summed E-state index contributed by atoms with van der Waals surface area (Å²) >= 11 is 7.08. The number of nitrogens with zero attached hydrogens (tertiary/aromatic N) is 4.